The highest BCUT2D eigenvalue weighted by Gasteiger charge is 2.39. The van der Waals surface area contributed by atoms with Gasteiger partial charge in [-0.25, -0.2) is 9.38 Å². The number of methoxy groups -OCH3 is 1. The zero-order chi connectivity index (χ0) is 23.9. The van der Waals surface area contributed by atoms with Gasteiger partial charge < -0.3 is 10.1 Å². The Balaban J connectivity index is 1.50. The smallest absolute Gasteiger partial charge is 0.242 e. The van der Waals surface area contributed by atoms with Crippen LogP contribution in [-0.4, -0.2) is 34.2 Å². The summed E-state index contributed by atoms with van der Waals surface area (Å²) in [6.07, 6.45) is 0.0396. The third-order valence-corrected chi connectivity index (χ3v) is 6.45. The molecule has 1 unspecified atom stereocenters. The standard InChI is InChI=1S/C26H24FN3O3S/c1-33-22-13-11-21(12-14-22)29-26-30(17-19-7-9-20(27)10-8-19)25(32)23(34-26)15-24(31)28-16-18-5-3-2-4-6-18/h2-14,23H,15-17H2,1H3,(H,28,31). The van der Waals surface area contributed by atoms with E-state index in [-0.39, 0.29) is 30.6 Å². The van der Waals surface area contributed by atoms with E-state index in [1.807, 2.05) is 30.3 Å². The summed E-state index contributed by atoms with van der Waals surface area (Å²) in [5, 5.41) is 2.79. The average molecular weight is 478 g/mol. The molecule has 3 aromatic carbocycles. The van der Waals surface area contributed by atoms with Gasteiger partial charge in [-0.2, -0.15) is 0 Å². The molecule has 1 saturated heterocycles. The minimum Gasteiger partial charge on any atom is -0.497 e. The van der Waals surface area contributed by atoms with Crippen LogP contribution in [0.25, 0.3) is 0 Å². The minimum atomic E-state index is -0.590. The molecule has 0 aliphatic carbocycles. The van der Waals surface area contributed by atoms with Crippen LogP contribution in [-0.2, 0) is 22.7 Å². The van der Waals surface area contributed by atoms with Gasteiger partial charge >= 0.3 is 0 Å². The van der Waals surface area contributed by atoms with Crippen molar-refractivity contribution < 1.29 is 18.7 Å². The molecule has 2 amide bonds. The lowest BCUT2D eigenvalue weighted by molar-refractivity contribution is -0.129. The number of hydrogen-bond donors (Lipinski definition) is 1. The molecular formula is C26H24FN3O3S. The van der Waals surface area contributed by atoms with E-state index in [1.54, 1.807) is 48.4 Å². The summed E-state index contributed by atoms with van der Waals surface area (Å²) < 4.78 is 18.5. The van der Waals surface area contributed by atoms with E-state index in [0.717, 1.165) is 11.1 Å². The first kappa shape index (κ1) is 23.5. The highest BCUT2D eigenvalue weighted by atomic mass is 32.2. The first-order chi connectivity index (χ1) is 16.5. The summed E-state index contributed by atoms with van der Waals surface area (Å²) in [7, 11) is 1.59. The summed E-state index contributed by atoms with van der Waals surface area (Å²) in [6, 6.07) is 22.8. The normalized spacial score (nSPS) is 16.6. The Hall–Kier alpha value is -3.65. The molecule has 174 valence electrons. The van der Waals surface area contributed by atoms with Crippen LogP contribution in [0.2, 0.25) is 0 Å². The monoisotopic (exact) mass is 477 g/mol. The van der Waals surface area contributed by atoms with Crippen molar-refractivity contribution in [3.63, 3.8) is 0 Å². The van der Waals surface area contributed by atoms with Crippen molar-refractivity contribution in [2.24, 2.45) is 4.99 Å². The first-order valence-electron chi connectivity index (χ1n) is 10.8. The van der Waals surface area contributed by atoms with Crippen molar-refractivity contribution in [3.8, 4) is 5.75 Å². The maximum atomic E-state index is 13.3. The first-order valence-corrected chi connectivity index (χ1v) is 11.7. The number of nitrogens with zero attached hydrogens (tertiary/aromatic N) is 2. The Labute approximate surface area is 201 Å². The molecule has 0 aromatic heterocycles. The van der Waals surface area contributed by atoms with Crippen LogP contribution >= 0.6 is 11.8 Å². The lowest BCUT2D eigenvalue weighted by atomic mass is 10.2. The molecule has 1 fully saturated rings. The van der Waals surface area contributed by atoms with Crippen molar-refractivity contribution in [2.45, 2.75) is 24.8 Å². The van der Waals surface area contributed by atoms with Gasteiger partial charge in [0.15, 0.2) is 5.17 Å². The Kier molecular flexibility index (Phi) is 7.59. The van der Waals surface area contributed by atoms with Gasteiger partial charge in [-0.3, -0.25) is 14.5 Å². The summed E-state index contributed by atoms with van der Waals surface area (Å²) >= 11 is 1.26. The van der Waals surface area contributed by atoms with Gasteiger partial charge in [-0.15, -0.1) is 0 Å². The predicted molar refractivity (Wildman–Crippen MR) is 131 cm³/mol. The largest absolute Gasteiger partial charge is 0.497 e. The maximum absolute atomic E-state index is 13.3. The zero-order valence-electron chi connectivity index (χ0n) is 18.6. The van der Waals surface area contributed by atoms with Crippen molar-refractivity contribution in [3.05, 3.63) is 95.8 Å². The molecule has 1 atom stereocenters. The molecule has 1 aliphatic heterocycles. The molecule has 0 saturated carbocycles. The third kappa shape index (κ3) is 6.02. The van der Waals surface area contributed by atoms with E-state index in [0.29, 0.717) is 23.1 Å². The molecule has 1 N–H and O–H groups in total. The van der Waals surface area contributed by atoms with Crippen LogP contribution in [0.1, 0.15) is 17.5 Å². The number of benzene rings is 3. The second kappa shape index (κ2) is 11.0. The van der Waals surface area contributed by atoms with Gasteiger partial charge in [0, 0.05) is 13.0 Å². The fourth-order valence-corrected chi connectivity index (χ4v) is 4.60. The summed E-state index contributed by atoms with van der Waals surface area (Å²) in [5.74, 6) is -0.0419. The number of hydrogen-bond acceptors (Lipinski definition) is 5. The van der Waals surface area contributed by atoms with E-state index in [9.17, 15) is 14.0 Å². The Bertz CT molecular complexity index is 1170. The van der Waals surface area contributed by atoms with E-state index in [4.69, 9.17) is 4.74 Å². The fourth-order valence-electron chi connectivity index (χ4n) is 3.45. The molecule has 8 heteroatoms. The fraction of sp³-hybridized carbons (Fsp3) is 0.192. The van der Waals surface area contributed by atoms with Crippen LogP contribution in [0.5, 0.6) is 5.75 Å². The van der Waals surface area contributed by atoms with Gasteiger partial charge in [0.2, 0.25) is 11.8 Å². The number of rotatable bonds is 8. The van der Waals surface area contributed by atoms with Gasteiger partial charge in [0.05, 0.1) is 19.3 Å². The summed E-state index contributed by atoms with van der Waals surface area (Å²) in [5.41, 5.74) is 2.42. The van der Waals surface area contributed by atoms with E-state index >= 15 is 0 Å². The van der Waals surface area contributed by atoms with Gasteiger partial charge in [-0.05, 0) is 47.5 Å². The quantitative estimate of drug-likeness (QED) is 0.512. The number of aliphatic imine (C=N–C) groups is 1. The second-order valence-electron chi connectivity index (χ2n) is 7.72. The van der Waals surface area contributed by atoms with Crippen molar-refractivity contribution in [1.82, 2.24) is 10.2 Å². The Morgan fingerprint density at radius 2 is 1.74 bits per heavy atom. The van der Waals surface area contributed by atoms with Crippen LogP contribution in [0.4, 0.5) is 10.1 Å². The number of nitrogens with one attached hydrogen (secondary N) is 1. The molecule has 34 heavy (non-hydrogen) atoms. The summed E-state index contributed by atoms with van der Waals surface area (Å²) in [4.78, 5) is 32.0. The summed E-state index contributed by atoms with van der Waals surface area (Å²) in [6.45, 7) is 0.639. The molecule has 4 rings (SSSR count). The Morgan fingerprint density at radius 1 is 1.03 bits per heavy atom. The predicted octanol–water partition coefficient (Wildman–Crippen LogP) is 4.67. The molecule has 0 bridgehead atoms. The lowest BCUT2D eigenvalue weighted by Crippen LogP contribution is -2.34. The zero-order valence-corrected chi connectivity index (χ0v) is 19.4. The maximum Gasteiger partial charge on any atom is 0.242 e. The second-order valence-corrected chi connectivity index (χ2v) is 8.89. The van der Waals surface area contributed by atoms with Gasteiger partial charge in [0.25, 0.3) is 0 Å². The van der Waals surface area contributed by atoms with Gasteiger partial charge in [0.1, 0.15) is 16.8 Å². The van der Waals surface area contributed by atoms with Crippen LogP contribution in [0.15, 0.2) is 83.9 Å². The Morgan fingerprint density at radius 3 is 2.41 bits per heavy atom. The molecule has 0 radical (unpaired) electrons. The minimum absolute atomic E-state index is 0.0396. The number of amidine groups is 1. The number of ether oxygens (including phenoxy) is 1. The topological polar surface area (TPSA) is 71.0 Å². The van der Waals surface area contributed by atoms with E-state index in [2.05, 4.69) is 10.3 Å². The number of amides is 2. The number of carbonyl (C=O) groups excluding carboxylic acids is 2. The third-order valence-electron chi connectivity index (χ3n) is 5.27. The van der Waals surface area contributed by atoms with Crippen molar-refractivity contribution in [1.29, 1.82) is 0 Å². The number of thioether (sulfide) groups is 1. The molecule has 1 heterocycles. The highest BCUT2D eigenvalue weighted by molar-refractivity contribution is 8.15. The van der Waals surface area contributed by atoms with Gasteiger partial charge in [-0.1, -0.05) is 54.2 Å². The molecular weight excluding hydrogens is 453 g/mol. The molecule has 3 aromatic rings. The van der Waals surface area contributed by atoms with Crippen molar-refractivity contribution in [2.75, 3.05) is 7.11 Å². The van der Waals surface area contributed by atoms with Crippen molar-refractivity contribution >= 4 is 34.4 Å². The average Bonchev–Trinajstić information content (AvgIpc) is 3.14. The van der Waals surface area contributed by atoms with Crippen LogP contribution in [0.3, 0.4) is 0 Å². The highest BCUT2D eigenvalue weighted by Crippen LogP contribution is 2.33. The lowest BCUT2D eigenvalue weighted by Gasteiger charge is -2.16. The van der Waals surface area contributed by atoms with Crippen LogP contribution in [0, 0.1) is 5.82 Å². The molecule has 0 spiro atoms. The van der Waals surface area contributed by atoms with Crippen LogP contribution < -0.4 is 10.1 Å². The molecule has 6 nitrogen and oxygen atoms in total. The SMILES string of the molecule is COc1ccc(N=C2SC(CC(=O)NCc3ccccc3)C(=O)N2Cc2ccc(F)cc2)cc1. The number of halogens is 1. The number of carbonyl (C=O) groups is 2. The molecule has 1 aliphatic rings. The van der Waals surface area contributed by atoms with E-state index in [1.165, 1.54) is 23.9 Å². The van der Waals surface area contributed by atoms with E-state index < -0.39 is 5.25 Å².